The molecule has 2 atom stereocenters. The SMILES string of the molecule is COc1cccc2ccc(CN[C@@H]3CCC(=O)N[C@H]3c3cc(F)cc(F)c3)nc12. The molecule has 4 rings (SSSR count). The quantitative estimate of drug-likeness (QED) is 0.690. The van der Waals surface area contributed by atoms with Crippen molar-refractivity contribution in [1.29, 1.82) is 0 Å². The lowest BCUT2D eigenvalue weighted by molar-refractivity contribution is -0.123. The van der Waals surface area contributed by atoms with Crippen LogP contribution in [0.5, 0.6) is 5.75 Å². The summed E-state index contributed by atoms with van der Waals surface area (Å²) < 4.78 is 32.8. The number of nitrogens with one attached hydrogen (secondary N) is 2. The monoisotopic (exact) mass is 397 g/mol. The first-order chi connectivity index (χ1) is 14.0. The highest BCUT2D eigenvalue weighted by molar-refractivity contribution is 5.84. The molecule has 0 saturated carbocycles. The van der Waals surface area contributed by atoms with Crippen molar-refractivity contribution < 1.29 is 18.3 Å². The first-order valence-electron chi connectivity index (χ1n) is 9.45. The predicted octanol–water partition coefficient (Wildman–Crippen LogP) is 3.63. The van der Waals surface area contributed by atoms with E-state index >= 15 is 0 Å². The third-order valence-corrected chi connectivity index (χ3v) is 5.15. The van der Waals surface area contributed by atoms with Gasteiger partial charge in [-0.2, -0.15) is 0 Å². The summed E-state index contributed by atoms with van der Waals surface area (Å²) in [7, 11) is 1.61. The van der Waals surface area contributed by atoms with Gasteiger partial charge in [0.1, 0.15) is 22.9 Å². The normalized spacial score (nSPS) is 19.2. The van der Waals surface area contributed by atoms with E-state index in [1.807, 2.05) is 30.3 Å². The molecule has 1 aliphatic heterocycles. The molecule has 0 radical (unpaired) electrons. The van der Waals surface area contributed by atoms with Crippen LogP contribution in [0.2, 0.25) is 0 Å². The number of ether oxygens (including phenoxy) is 1. The molecule has 2 aromatic carbocycles. The molecule has 2 heterocycles. The van der Waals surface area contributed by atoms with Crippen molar-refractivity contribution in [2.75, 3.05) is 7.11 Å². The van der Waals surface area contributed by atoms with Crippen molar-refractivity contribution >= 4 is 16.8 Å². The molecule has 7 heteroatoms. The molecular formula is C22H21F2N3O2. The highest BCUT2D eigenvalue weighted by atomic mass is 19.1. The summed E-state index contributed by atoms with van der Waals surface area (Å²) in [6.07, 6.45) is 0.913. The van der Waals surface area contributed by atoms with Gasteiger partial charge in [-0.1, -0.05) is 18.2 Å². The van der Waals surface area contributed by atoms with E-state index in [4.69, 9.17) is 4.74 Å². The number of halogens is 2. The van der Waals surface area contributed by atoms with Gasteiger partial charge in [-0.05, 0) is 36.2 Å². The summed E-state index contributed by atoms with van der Waals surface area (Å²) in [5, 5.41) is 7.21. The van der Waals surface area contributed by atoms with Crippen LogP contribution in [0.25, 0.3) is 10.9 Å². The van der Waals surface area contributed by atoms with Crippen LogP contribution in [-0.2, 0) is 11.3 Å². The van der Waals surface area contributed by atoms with E-state index in [0.717, 1.165) is 22.7 Å². The average Bonchev–Trinajstić information content (AvgIpc) is 2.71. The maximum absolute atomic E-state index is 13.7. The minimum absolute atomic E-state index is 0.133. The van der Waals surface area contributed by atoms with Gasteiger partial charge in [-0.15, -0.1) is 0 Å². The Morgan fingerprint density at radius 1 is 1.17 bits per heavy atom. The third kappa shape index (κ3) is 4.19. The molecular weight excluding hydrogens is 376 g/mol. The summed E-state index contributed by atoms with van der Waals surface area (Å²) in [5.41, 5.74) is 1.99. The number of carbonyl (C=O) groups is 1. The zero-order valence-electron chi connectivity index (χ0n) is 15.9. The number of amides is 1. The van der Waals surface area contributed by atoms with E-state index in [1.165, 1.54) is 12.1 Å². The number of nitrogens with zero attached hydrogens (tertiary/aromatic N) is 1. The molecule has 0 bridgehead atoms. The van der Waals surface area contributed by atoms with Crippen LogP contribution in [0, 0.1) is 11.6 Å². The number of benzene rings is 2. The summed E-state index contributed by atoms with van der Waals surface area (Å²) in [5.74, 6) is -0.766. The molecule has 1 saturated heterocycles. The minimum Gasteiger partial charge on any atom is -0.494 e. The van der Waals surface area contributed by atoms with Gasteiger partial charge < -0.3 is 15.4 Å². The molecule has 1 amide bonds. The van der Waals surface area contributed by atoms with Crippen LogP contribution in [-0.4, -0.2) is 24.0 Å². The summed E-state index contributed by atoms with van der Waals surface area (Å²) >= 11 is 0. The third-order valence-electron chi connectivity index (χ3n) is 5.15. The van der Waals surface area contributed by atoms with E-state index in [1.54, 1.807) is 7.11 Å². The summed E-state index contributed by atoms with van der Waals surface area (Å²) in [6, 6.07) is 12.3. The van der Waals surface area contributed by atoms with Gasteiger partial charge in [0.15, 0.2) is 0 Å². The van der Waals surface area contributed by atoms with Crippen LogP contribution in [0.4, 0.5) is 8.78 Å². The fraction of sp³-hybridized carbons (Fsp3) is 0.273. The highest BCUT2D eigenvalue weighted by Gasteiger charge is 2.30. The number of hydrogen-bond donors (Lipinski definition) is 2. The number of para-hydroxylation sites is 1. The zero-order chi connectivity index (χ0) is 20.4. The number of carbonyl (C=O) groups excluding carboxylic acids is 1. The first kappa shape index (κ1) is 19.3. The Labute approximate surface area is 167 Å². The zero-order valence-corrected chi connectivity index (χ0v) is 15.9. The van der Waals surface area contributed by atoms with Gasteiger partial charge in [0, 0.05) is 30.5 Å². The van der Waals surface area contributed by atoms with Gasteiger partial charge in [0.2, 0.25) is 5.91 Å². The molecule has 5 nitrogen and oxygen atoms in total. The van der Waals surface area contributed by atoms with Gasteiger partial charge in [-0.25, -0.2) is 13.8 Å². The molecule has 0 unspecified atom stereocenters. The molecule has 29 heavy (non-hydrogen) atoms. The molecule has 2 N–H and O–H groups in total. The van der Waals surface area contributed by atoms with E-state index in [2.05, 4.69) is 15.6 Å². The van der Waals surface area contributed by atoms with Crippen LogP contribution in [0.1, 0.15) is 30.1 Å². The Morgan fingerprint density at radius 3 is 2.72 bits per heavy atom. The molecule has 1 aromatic heterocycles. The first-order valence-corrected chi connectivity index (χ1v) is 9.45. The maximum atomic E-state index is 13.7. The lowest BCUT2D eigenvalue weighted by Crippen LogP contribution is -2.48. The Balaban J connectivity index is 1.55. The molecule has 0 spiro atoms. The average molecular weight is 397 g/mol. The minimum atomic E-state index is -0.665. The van der Waals surface area contributed by atoms with Crippen molar-refractivity contribution in [2.45, 2.75) is 31.5 Å². The van der Waals surface area contributed by atoms with E-state index < -0.39 is 17.7 Å². The predicted molar refractivity (Wildman–Crippen MR) is 105 cm³/mol. The maximum Gasteiger partial charge on any atom is 0.220 e. The molecule has 0 aliphatic carbocycles. The van der Waals surface area contributed by atoms with Crippen molar-refractivity contribution in [3.63, 3.8) is 0 Å². The van der Waals surface area contributed by atoms with Crippen molar-refractivity contribution in [2.24, 2.45) is 0 Å². The van der Waals surface area contributed by atoms with Crippen LogP contribution in [0.15, 0.2) is 48.5 Å². The highest BCUT2D eigenvalue weighted by Crippen LogP contribution is 2.27. The lowest BCUT2D eigenvalue weighted by Gasteiger charge is -2.33. The Morgan fingerprint density at radius 2 is 1.97 bits per heavy atom. The molecule has 3 aromatic rings. The van der Waals surface area contributed by atoms with Gasteiger partial charge in [-0.3, -0.25) is 4.79 Å². The number of rotatable bonds is 5. The number of pyridine rings is 1. The largest absolute Gasteiger partial charge is 0.494 e. The Hall–Kier alpha value is -3.06. The van der Waals surface area contributed by atoms with Crippen LogP contribution >= 0.6 is 0 Å². The van der Waals surface area contributed by atoms with E-state index in [9.17, 15) is 13.6 Å². The van der Waals surface area contributed by atoms with Crippen molar-refractivity contribution in [3.05, 3.63) is 71.4 Å². The van der Waals surface area contributed by atoms with Gasteiger partial charge in [0.05, 0.1) is 18.8 Å². The second-order valence-corrected chi connectivity index (χ2v) is 7.11. The fourth-order valence-electron chi connectivity index (χ4n) is 3.75. The van der Waals surface area contributed by atoms with Gasteiger partial charge in [0.25, 0.3) is 0 Å². The number of hydrogen-bond acceptors (Lipinski definition) is 4. The van der Waals surface area contributed by atoms with Crippen molar-refractivity contribution in [1.82, 2.24) is 15.6 Å². The topological polar surface area (TPSA) is 63.2 Å². The Bertz CT molecular complexity index is 1040. The summed E-state index contributed by atoms with van der Waals surface area (Å²) in [4.78, 5) is 16.6. The molecule has 1 aliphatic rings. The van der Waals surface area contributed by atoms with Crippen molar-refractivity contribution in [3.8, 4) is 5.75 Å². The second kappa shape index (κ2) is 8.13. The number of methoxy groups -OCH3 is 1. The molecule has 1 fully saturated rings. The van der Waals surface area contributed by atoms with E-state index in [0.29, 0.717) is 30.7 Å². The lowest BCUT2D eigenvalue weighted by atomic mass is 9.91. The van der Waals surface area contributed by atoms with E-state index in [-0.39, 0.29) is 11.9 Å². The number of aromatic nitrogens is 1. The summed E-state index contributed by atoms with van der Waals surface area (Å²) in [6.45, 7) is 0.447. The van der Waals surface area contributed by atoms with Crippen LogP contribution < -0.4 is 15.4 Å². The number of fused-ring (bicyclic) bond motifs is 1. The number of piperidine rings is 1. The smallest absolute Gasteiger partial charge is 0.220 e. The van der Waals surface area contributed by atoms with Gasteiger partial charge >= 0.3 is 0 Å². The molecule has 150 valence electrons. The standard InChI is InChI=1S/C22H21F2N3O2/c1-29-19-4-2-3-13-5-6-17(26-22(13)19)12-25-18-7-8-20(28)27-21(18)14-9-15(23)11-16(24)10-14/h2-6,9-11,18,21,25H,7-8,12H2,1H3,(H,27,28)/t18-,21+/m1/s1. The fourth-order valence-corrected chi connectivity index (χ4v) is 3.75. The van der Waals surface area contributed by atoms with Crippen LogP contribution in [0.3, 0.4) is 0 Å². The second-order valence-electron chi connectivity index (χ2n) is 7.11. The Kier molecular flexibility index (Phi) is 5.40.